The first kappa shape index (κ1) is 15.0. The standard InChI is InChI=1S/C12H20N4O3S/c1-8-11(9(2)15-14-8)5-12(17)16-4-3-10(6-16)7-20(13,18)19/h10H,3-7H2,1-2H3,(H,14,15)(H2,13,18,19). The summed E-state index contributed by atoms with van der Waals surface area (Å²) in [6.45, 7) is 4.80. The molecule has 1 aliphatic rings. The lowest BCUT2D eigenvalue weighted by molar-refractivity contribution is -0.129. The zero-order chi connectivity index (χ0) is 14.9. The van der Waals surface area contributed by atoms with Crippen molar-refractivity contribution in [2.24, 2.45) is 11.1 Å². The van der Waals surface area contributed by atoms with E-state index in [1.165, 1.54) is 0 Å². The summed E-state index contributed by atoms with van der Waals surface area (Å²) in [7, 11) is -3.47. The van der Waals surface area contributed by atoms with Gasteiger partial charge in [-0.25, -0.2) is 13.6 Å². The highest BCUT2D eigenvalue weighted by molar-refractivity contribution is 7.89. The van der Waals surface area contributed by atoms with Gasteiger partial charge < -0.3 is 4.90 Å². The third-order valence-electron chi connectivity index (χ3n) is 3.72. The fourth-order valence-corrected chi connectivity index (χ4v) is 3.55. The van der Waals surface area contributed by atoms with Crippen molar-refractivity contribution >= 4 is 15.9 Å². The van der Waals surface area contributed by atoms with E-state index in [-0.39, 0.29) is 17.6 Å². The van der Waals surface area contributed by atoms with Crippen LogP contribution in [-0.4, -0.2) is 48.3 Å². The second-order valence-electron chi connectivity index (χ2n) is 5.41. The Kier molecular flexibility index (Phi) is 4.14. The Hall–Kier alpha value is -1.41. The fourth-order valence-electron chi connectivity index (χ4n) is 2.62. The normalized spacial score (nSPS) is 19.6. The molecule has 0 aliphatic carbocycles. The van der Waals surface area contributed by atoms with Gasteiger partial charge in [-0.3, -0.25) is 9.89 Å². The van der Waals surface area contributed by atoms with E-state index in [4.69, 9.17) is 5.14 Å². The van der Waals surface area contributed by atoms with Gasteiger partial charge in [-0.05, 0) is 26.2 Å². The van der Waals surface area contributed by atoms with E-state index in [2.05, 4.69) is 10.2 Å². The van der Waals surface area contributed by atoms with Gasteiger partial charge >= 0.3 is 0 Å². The van der Waals surface area contributed by atoms with Crippen molar-refractivity contribution in [1.29, 1.82) is 0 Å². The number of aryl methyl sites for hydroxylation is 2. The van der Waals surface area contributed by atoms with Gasteiger partial charge in [0.05, 0.1) is 17.9 Å². The molecular weight excluding hydrogens is 280 g/mol. The number of carbonyl (C=O) groups excluding carboxylic acids is 1. The van der Waals surface area contributed by atoms with E-state index in [0.717, 1.165) is 17.0 Å². The first-order valence-corrected chi connectivity index (χ1v) is 8.26. The van der Waals surface area contributed by atoms with E-state index in [1.807, 2.05) is 13.8 Å². The van der Waals surface area contributed by atoms with Gasteiger partial charge in [0.2, 0.25) is 15.9 Å². The number of hydrogen-bond acceptors (Lipinski definition) is 4. The minimum atomic E-state index is -3.47. The Labute approximate surface area is 118 Å². The lowest BCUT2D eigenvalue weighted by Crippen LogP contribution is -2.32. The number of aromatic amines is 1. The van der Waals surface area contributed by atoms with E-state index in [0.29, 0.717) is 25.9 Å². The molecule has 3 N–H and O–H groups in total. The first-order chi connectivity index (χ1) is 9.26. The summed E-state index contributed by atoms with van der Waals surface area (Å²) in [5.41, 5.74) is 2.65. The van der Waals surface area contributed by atoms with Crippen LogP contribution >= 0.6 is 0 Å². The van der Waals surface area contributed by atoms with Crippen LogP contribution in [0.2, 0.25) is 0 Å². The Morgan fingerprint density at radius 2 is 2.20 bits per heavy atom. The average molecular weight is 300 g/mol. The van der Waals surface area contributed by atoms with E-state index >= 15 is 0 Å². The molecule has 0 aromatic carbocycles. The van der Waals surface area contributed by atoms with Crippen molar-refractivity contribution in [3.05, 3.63) is 17.0 Å². The highest BCUT2D eigenvalue weighted by atomic mass is 32.2. The van der Waals surface area contributed by atoms with Crippen LogP contribution in [0.5, 0.6) is 0 Å². The molecular formula is C12H20N4O3S. The summed E-state index contributed by atoms with van der Waals surface area (Å²) < 4.78 is 22.1. The molecule has 1 amide bonds. The third kappa shape index (κ3) is 3.57. The number of nitrogens with two attached hydrogens (primary N) is 1. The minimum Gasteiger partial charge on any atom is -0.342 e. The van der Waals surface area contributed by atoms with Crippen LogP contribution in [0.15, 0.2) is 0 Å². The van der Waals surface area contributed by atoms with Crippen molar-refractivity contribution in [2.45, 2.75) is 26.7 Å². The number of carbonyl (C=O) groups is 1. The summed E-state index contributed by atoms with van der Waals surface area (Å²) in [5.74, 6) is -0.101. The second kappa shape index (κ2) is 5.53. The molecule has 1 aromatic heterocycles. The number of H-pyrrole nitrogens is 1. The summed E-state index contributed by atoms with van der Waals surface area (Å²) in [6, 6.07) is 0. The van der Waals surface area contributed by atoms with Gasteiger partial charge in [0.1, 0.15) is 0 Å². The van der Waals surface area contributed by atoms with Crippen LogP contribution in [0.25, 0.3) is 0 Å². The Bertz CT molecular complexity index is 589. The highest BCUT2D eigenvalue weighted by Crippen LogP contribution is 2.19. The van der Waals surface area contributed by atoms with Gasteiger partial charge in [-0.1, -0.05) is 0 Å². The summed E-state index contributed by atoms with van der Waals surface area (Å²) in [6.07, 6.45) is 0.988. The molecule has 7 nitrogen and oxygen atoms in total. The molecule has 0 spiro atoms. The van der Waals surface area contributed by atoms with Crippen molar-refractivity contribution in [1.82, 2.24) is 15.1 Å². The average Bonchev–Trinajstić information content (AvgIpc) is 2.88. The molecule has 1 saturated heterocycles. The van der Waals surface area contributed by atoms with Gasteiger partial charge in [0.25, 0.3) is 0 Å². The maximum absolute atomic E-state index is 12.2. The number of sulfonamides is 1. The smallest absolute Gasteiger partial charge is 0.227 e. The zero-order valence-electron chi connectivity index (χ0n) is 11.7. The van der Waals surface area contributed by atoms with Gasteiger partial charge in [-0.2, -0.15) is 5.10 Å². The van der Waals surface area contributed by atoms with Crippen molar-refractivity contribution < 1.29 is 13.2 Å². The summed E-state index contributed by atoms with van der Waals surface area (Å²) in [4.78, 5) is 13.9. The molecule has 1 fully saturated rings. The molecule has 20 heavy (non-hydrogen) atoms. The molecule has 112 valence electrons. The molecule has 0 bridgehead atoms. The Balaban J connectivity index is 1.95. The maximum Gasteiger partial charge on any atom is 0.227 e. The summed E-state index contributed by atoms with van der Waals surface area (Å²) >= 11 is 0. The van der Waals surface area contributed by atoms with Crippen LogP contribution in [0.3, 0.4) is 0 Å². The molecule has 2 rings (SSSR count). The topological polar surface area (TPSA) is 109 Å². The largest absolute Gasteiger partial charge is 0.342 e. The van der Waals surface area contributed by atoms with Crippen LogP contribution in [0.4, 0.5) is 0 Å². The monoisotopic (exact) mass is 300 g/mol. The molecule has 1 aliphatic heterocycles. The maximum atomic E-state index is 12.2. The third-order valence-corrected chi connectivity index (χ3v) is 4.65. The number of nitrogens with zero attached hydrogens (tertiary/aromatic N) is 2. The van der Waals surface area contributed by atoms with Crippen molar-refractivity contribution in [3.8, 4) is 0 Å². The molecule has 1 aromatic rings. The number of likely N-dealkylation sites (tertiary alicyclic amines) is 1. The number of primary sulfonamides is 1. The van der Waals surface area contributed by atoms with E-state index < -0.39 is 10.0 Å². The van der Waals surface area contributed by atoms with Crippen molar-refractivity contribution in [2.75, 3.05) is 18.8 Å². The number of rotatable bonds is 4. The second-order valence-corrected chi connectivity index (χ2v) is 7.07. The predicted octanol–water partition coefficient (Wildman–Crippen LogP) is -0.294. The van der Waals surface area contributed by atoms with Crippen LogP contribution in [0, 0.1) is 19.8 Å². The molecule has 2 heterocycles. The quantitative estimate of drug-likeness (QED) is 0.796. The van der Waals surface area contributed by atoms with Gasteiger partial charge in [0, 0.05) is 24.3 Å². The molecule has 8 heteroatoms. The van der Waals surface area contributed by atoms with Crippen LogP contribution < -0.4 is 5.14 Å². The lowest BCUT2D eigenvalue weighted by atomic mass is 10.1. The predicted molar refractivity (Wildman–Crippen MR) is 74.4 cm³/mol. The highest BCUT2D eigenvalue weighted by Gasteiger charge is 2.29. The summed E-state index contributed by atoms with van der Waals surface area (Å²) in [5, 5.41) is 12.0. The van der Waals surface area contributed by atoms with Gasteiger partial charge in [-0.15, -0.1) is 0 Å². The lowest BCUT2D eigenvalue weighted by Gasteiger charge is -2.16. The minimum absolute atomic E-state index is 0.00881. The number of nitrogens with one attached hydrogen (secondary N) is 1. The SMILES string of the molecule is Cc1n[nH]c(C)c1CC(=O)N1CCC(CS(N)(=O)=O)C1. The Morgan fingerprint density at radius 3 is 2.75 bits per heavy atom. The fraction of sp³-hybridized carbons (Fsp3) is 0.667. The van der Waals surface area contributed by atoms with E-state index in [9.17, 15) is 13.2 Å². The van der Waals surface area contributed by atoms with E-state index in [1.54, 1.807) is 4.90 Å². The molecule has 1 atom stereocenters. The molecule has 0 saturated carbocycles. The number of hydrogen-bond donors (Lipinski definition) is 2. The van der Waals surface area contributed by atoms with Crippen LogP contribution in [0.1, 0.15) is 23.4 Å². The first-order valence-electron chi connectivity index (χ1n) is 6.55. The van der Waals surface area contributed by atoms with Gasteiger partial charge in [0.15, 0.2) is 0 Å². The molecule has 1 unspecified atom stereocenters. The zero-order valence-corrected chi connectivity index (χ0v) is 12.5. The number of aromatic nitrogens is 2. The van der Waals surface area contributed by atoms with Crippen molar-refractivity contribution in [3.63, 3.8) is 0 Å². The Morgan fingerprint density at radius 1 is 1.50 bits per heavy atom. The van der Waals surface area contributed by atoms with Crippen LogP contribution in [-0.2, 0) is 21.2 Å². The molecule has 0 radical (unpaired) electrons. The number of amides is 1.